The Morgan fingerprint density at radius 2 is 1.88 bits per heavy atom. The van der Waals surface area contributed by atoms with Gasteiger partial charge in [0.25, 0.3) is 11.8 Å². The quantitative estimate of drug-likeness (QED) is 0.756. The number of hydrogen-bond acceptors (Lipinski definition) is 4. The van der Waals surface area contributed by atoms with Crippen LogP contribution in [0.4, 0.5) is 4.39 Å². The smallest absolute Gasteiger partial charge is 0.289 e. The first kappa shape index (κ1) is 18.4. The van der Waals surface area contributed by atoms with Gasteiger partial charge < -0.3 is 19.0 Å². The maximum absolute atomic E-state index is 13.1. The van der Waals surface area contributed by atoms with E-state index in [9.17, 15) is 14.0 Å². The molecular weight excluding hydrogens is 407 g/mol. The van der Waals surface area contributed by atoms with E-state index in [-0.39, 0.29) is 17.6 Å². The van der Waals surface area contributed by atoms with Gasteiger partial charge in [-0.05, 0) is 53.2 Å². The summed E-state index contributed by atoms with van der Waals surface area (Å²) in [5.41, 5.74) is 0. The van der Waals surface area contributed by atoms with Gasteiger partial charge in [-0.1, -0.05) is 0 Å². The monoisotopic (exact) mass is 424 g/mol. The molecule has 1 aliphatic heterocycles. The second-order valence-corrected chi connectivity index (χ2v) is 6.78. The molecule has 1 aromatic carbocycles. The first-order valence-electron chi connectivity index (χ1n) is 8.19. The Kier molecular flexibility index (Phi) is 5.61. The summed E-state index contributed by atoms with van der Waals surface area (Å²) in [6.07, 6.45) is 0.740. The van der Waals surface area contributed by atoms with Gasteiger partial charge in [0.15, 0.2) is 11.9 Å². The van der Waals surface area contributed by atoms with Crippen molar-refractivity contribution in [3.05, 3.63) is 52.6 Å². The molecule has 6 nitrogen and oxygen atoms in total. The van der Waals surface area contributed by atoms with Crippen LogP contribution in [0.5, 0.6) is 5.75 Å². The van der Waals surface area contributed by atoms with Crippen molar-refractivity contribution in [2.45, 2.75) is 13.0 Å². The van der Waals surface area contributed by atoms with Gasteiger partial charge in [0.05, 0.1) is 10.7 Å². The molecule has 1 aromatic heterocycles. The number of amides is 2. The molecule has 1 saturated heterocycles. The predicted octanol–water partition coefficient (Wildman–Crippen LogP) is 2.93. The highest BCUT2D eigenvalue weighted by molar-refractivity contribution is 9.10. The van der Waals surface area contributed by atoms with E-state index in [0.29, 0.717) is 42.2 Å². The van der Waals surface area contributed by atoms with Crippen molar-refractivity contribution in [2.24, 2.45) is 0 Å². The second kappa shape index (κ2) is 7.90. The summed E-state index contributed by atoms with van der Waals surface area (Å²) < 4.78 is 24.4. The largest absolute Gasteiger partial charge is 0.480 e. The zero-order valence-electron chi connectivity index (χ0n) is 14.2. The summed E-state index contributed by atoms with van der Waals surface area (Å²) in [6.45, 7) is 3.35. The first-order chi connectivity index (χ1) is 12.5. The van der Waals surface area contributed by atoms with E-state index < -0.39 is 6.10 Å². The summed E-state index contributed by atoms with van der Waals surface area (Å²) in [6, 6.07) is 7.32. The molecule has 138 valence electrons. The zero-order chi connectivity index (χ0) is 18.7. The van der Waals surface area contributed by atoms with Crippen LogP contribution in [0.1, 0.15) is 17.5 Å². The zero-order valence-corrected chi connectivity index (χ0v) is 15.7. The molecule has 3 rings (SSSR count). The molecule has 1 fully saturated rings. The van der Waals surface area contributed by atoms with Gasteiger partial charge in [-0.2, -0.15) is 0 Å². The van der Waals surface area contributed by atoms with E-state index in [4.69, 9.17) is 9.15 Å². The van der Waals surface area contributed by atoms with Gasteiger partial charge in [-0.15, -0.1) is 0 Å². The van der Waals surface area contributed by atoms with Gasteiger partial charge >= 0.3 is 0 Å². The van der Waals surface area contributed by atoms with E-state index in [1.807, 2.05) is 0 Å². The summed E-state index contributed by atoms with van der Waals surface area (Å²) in [7, 11) is 0. The molecule has 0 bridgehead atoms. The van der Waals surface area contributed by atoms with Crippen LogP contribution in [0, 0.1) is 5.82 Å². The normalized spacial score (nSPS) is 15.7. The van der Waals surface area contributed by atoms with Gasteiger partial charge in [0, 0.05) is 26.2 Å². The van der Waals surface area contributed by atoms with Crippen molar-refractivity contribution in [3.8, 4) is 5.75 Å². The van der Waals surface area contributed by atoms with Crippen molar-refractivity contribution in [2.75, 3.05) is 26.2 Å². The van der Waals surface area contributed by atoms with Crippen molar-refractivity contribution in [1.29, 1.82) is 0 Å². The van der Waals surface area contributed by atoms with Gasteiger partial charge in [-0.25, -0.2) is 4.39 Å². The van der Waals surface area contributed by atoms with E-state index in [2.05, 4.69) is 15.9 Å². The number of carbonyl (C=O) groups is 2. The van der Waals surface area contributed by atoms with Gasteiger partial charge in [0.1, 0.15) is 11.6 Å². The van der Waals surface area contributed by atoms with Crippen LogP contribution in [-0.4, -0.2) is 53.9 Å². The Hall–Kier alpha value is -2.35. The standard InChI is InChI=1S/C18H18BrFN2O4/c1-12(26-15-5-4-13(20)11-14(15)19)17(23)21-6-8-22(9-7-21)18(24)16-3-2-10-25-16/h2-5,10-12H,6-9H2,1H3. The number of ether oxygens (including phenoxy) is 1. The Labute approximate surface area is 158 Å². The molecule has 0 aliphatic carbocycles. The number of rotatable bonds is 4. The maximum Gasteiger partial charge on any atom is 0.289 e. The molecule has 8 heteroatoms. The Bertz CT molecular complexity index is 788. The summed E-state index contributed by atoms with van der Waals surface area (Å²) in [5.74, 6) is -0.0463. The fraction of sp³-hybridized carbons (Fsp3) is 0.333. The van der Waals surface area contributed by atoms with Crippen molar-refractivity contribution < 1.29 is 23.1 Å². The van der Waals surface area contributed by atoms with Crippen LogP contribution < -0.4 is 4.74 Å². The van der Waals surface area contributed by atoms with Crippen molar-refractivity contribution in [1.82, 2.24) is 9.80 Å². The van der Waals surface area contributed by atoms with Crippen LogP contribution in [0.2, 0.25) is 0 Å². The third-order valence-corrected chi connectivity index (χ3v) is 4.78. The number of hydrogen-bond donors (Lipinski definition) is 0. The van der Waals surface area contributed by atoms with Crippen LogP contribution in [-0.2, 0) is 4.79 Å². The lowest BCUT2D eigenvalue weighted by Gasteiger charge is -2.35. The first-order valence-corrected chi connectivity index (χ1v) is 8.98. The molecular formula is C18H18BrFN2O4. The molecule has 26 heavy (non-hydrogen) atoms. The topological polar surface area (TPSA) is 63.0 Å². The van der Waals surface area contributed by atoms with Gasteiger partial charge in [0.2, 0.25) is 0 Å². The van der Waals surface area contributed by atoms with Crippen molar-refractivity contribution >= 4 is 27.7 Å². The predicted molar refractivity (Wildman–Crippen MR) is 95.4 cm³/mol. The minimum atomic E-state index is -0.718. The number of carbonyl (C=O) groups excluding carboxylic acids is 2. The molecule has 0 spiro atoms. The molecule has 1 aliphatic rings. The fourth-order valence-corrected chi connectivity index (χ4v) is 3.20. The minimum Gasteiger partial charge on any atom is -0.480 e. The molecule has 0 N–H and O–H groups in total. The lowest BCUT2D eigenvalue weighted by atomic mass is 10.2. The maximum atomic E-state index is 13.1. The summed E-state index contributed by atoms with van der Waals surface area (Å²) in [5, 5.41) is 0. The SMILES string of the molecule is CC(Oc1ccc(F)cc1Br)C(=O)N1CCN(C(=O)c2ccco2)CC1. The summed E-state index contributed by atoms with van der Waals surface area (Å²) in [4.78, 5) is 28.1. The van der Waals surface area contributed by atoms with Crippen molar-refractivity contribution in [3.63, 3.8) is 0 Å². The molecule has 2 heterocycles. The van der Waals surface area contributed by atoms with Crippen LogP contribution in [0.25, 0.3) is 0 Å². The van der Waals surface area contributed by atoms with Crippen LogP contribution in [0.15, 0.2) is 45.5 Å². The molecule has 2 amide bonds. The van der Waals surface area contributed by atoms with E-state index >= 15 is 0 Å². The Balaban J connectivity index is 1.55. The highest BCUT2D eigenvalue weighted by Crippen LogP contribution is 2.26. The molecule has 1 atom stereocenters. The van der Waals surface area contributed by atoms with Crippen LogP contribution >= 0.6 is 15.9 Å². The highest BCUT2D eigenvalue weighted by Gasteiger charge is 2.29. The summed E-state index contributed by atoms with van der Waals surface area (Å²) >= 11 is 3.22. The molecule has 2 aromatic rings. The third-order valence-electron chi connectivity index (χ3n) is 4.16. The Morgan fingerprint density at radius 3 is 2.50 bits per heavy atom. The van der Waals surface area contributed by atoms with E-state index in [0.717, 1.165) is 0 Å². The number of nitrogens with zero attached hydrogens (tertiary/aromatic N) is 2. The third kappa shape index (κ3) is 4.07. The molecule has 0 radical (unpaired) electrons. The van der Waals surface area contributed by atoms with E-state index in [1.165, 1.54) is 24.5 Å². The van der Waals surface area contributed by atoms with Gasteiger partial charge in [-0.3, -0.25) is 9.59 Å². The molecule has 0 saturated carbocycles. The lowest BCUT2D eigenvalue weighted by Crippen LogP contribution is -2.53. The fourth-order valence-electron chi connectivity index (χ4n) is 2.75. The average molecular weight is 425 g/mol. The number of furan rings is 1. The lowest BCUT2D eigenvalue weighted by molar-refractivity contribution is -0.139. The molecule has 1 unspecified atom stereocenters. The number of piperazine rings is 1. The highest BCUT2D eigenvalue weighted by atomic mass is 79.9. The van der Waals surface area contributed by atoms with E-state index in [1.54, 1.807) is 28.9 Å². The van der Waals surface area contributed by atoms with Crippen LogP contribution in [0.3, 0.4) is 0 Å². The Morgan fingerprint density at radius 1 is 1.19 bits per heavy atom. The number of benzene rings is 1. The average Bonchev–Trinajstić information content (AvgIpc) is 3.17. The minimum absolute atomic E-state index is 0.175. The number of halogens is 2. The second-order valence-electron chi connectivity index (χ2n) is 5.93.